The van der Waals surface area contributed by atoms with Crippen molar-refractivity contribution in [1.29, 1.82) is 0 Å². The number of hydrogen-bond donors (Lipinski definition) is 2. The standard InChI is InChI=1S/C19H21N3O4S/c1-3-25-17-9-13-8-12(2)26-18(13)10-14(17)11-20-19(27)21-15-4-6-16(7-5-15)22(23)24/h4-7,9-10,12H,3,8,11H2,1-2H3,(H2,20,21,27)/t12-/m1/s1. The van der Waals surface area contributed by atoms with Crippen LogP contribution in [0.3, 0.4) is 0 Å². The molecule has 3 rings (SSSR count). The summed E-state index contributed by atoms with van der Waals surface area (Å²) in [6.07, 6.45) is 1.05. The maximum Gasteiger partial charge on any atom is 0.269 e. The molecule has 0 aromatic heterocycles. The minimum absolute atomic E-state index is 0.0353. The lowest BCUT2D eigenvalue weighted by molar-refractivity contribution is -0.384. The molecule has 0 radical (unpaired) electrons. The van der Waals surface area contributed by atoms with Gasteiger partial charge in [0.1, 0.15) is 17.6 Å². The van der Waals surface area contributed by atoms with Gasteiger partial charge in [-0.3, -0.25) is 10.1 Å². The largest absolute Gasteiger partial charge is 0.494 e. The van der Waals surface area contributed by atoms with Crippen molar-refractivity contribution in [3.05, 3.63) is 57.6 Å². The van der Waals surface area contributed by atoms with E-state index in [1.807, 2.05) is 26.0 Å². The van der Waals surface area contributed by atoms with Gasteiger partial charge in [-0.15, -0.1) is 0 Å². The highest BCUT2D eigenvalue weighted by Crippen LogP contribution is 2.35. The number of rotatable bonds is 6. The SMILES string of the molecule is CCOc1cc2c(cc1CNC(=S)Nc1ccc([N+](=O)[O-])cc1)O[C@H](C)C2. The highest BCUT2D eigenvalue weighted by molar-refractivity contribution is 7.80. The van der Waals surface area contributed by atoms with E-state index < -0.39 is 4.92 Å². The third kappa shape index (κ3) is 4.65. The van der Waals surface area contributed by atoms with E-state index in [0.717, 1.165) is 29.0 Å². The van der Waals surface area contributed by atoms with E-state index in [2.05, 4.69) is 10.6 Å². The first-order valence-electron chi connectivity index (χ1n) is 8.70. The quantitative estimate of drug-likeness (QED) is 0.443. The number of thiocarbonyl (C=S) groups is 1. The summed E-state index contributed by atoms with van der Waals surface area (Å²) >= 11 is 5.32. The van der Waals surface area contributed by atoms with Gasteiger partial charge in [0.2, 0.25) is 0 Å². The van der Waals surface area contributed by atoms with Crippen LogP contribution in [0, 0.1) is 10.1 Å². The van der Waals surface area contributed by atoms with Crippen LogP contribution in [0.5, 0.6) is 11.5 Å². The first kappa shape index (κ1) is 18.9. The second-order valence-electron chi connectivity index (χ2n) is 6.24. The van der Waals surface area contributed by atoms with E-state index in [4.69, 9.17) is 21.7 Å². The maximum absolute atomic E-state index is 10.7. The number of nitro benzene ring substituents is 1. The van der Waals surface area contributed by atoms with Crippen LogP contribution in [-0.2, 0) is 13.0 Å². The lowest BCUT2D eigenvalue weighted by Crippen LogP contribution is -2.28. The van der Waals surface area contributed by atoms with Crippen molar-refractivity contribution in [2.75, 3.05) is 11.9 Å². The van der Waals surface area contributed by atoms with Crippen LogP contribution < -0.4 is 20.1 Å². The van der Waals surface area contributed by atoms with Crippen LogP contribution in [0.25, 0.3) is 0 Å². The number of fused-ring (bicyclic) bond motifs is 1. The Morgan fingerprint density at radius 1 is 1.37 bits per heavy atom. The summed E-state index contributed by atoms with van der Waals surface area (Å²) in [7, 11) is 0. The van der Waals surface area contributed by atoms with Crippen molar-refractivity contribution in [2.45, 2.75) is 32.9 Å². The van der Waals surface area contributed by atoms with E-state index in [1.165, 1.54) is 12.1 Å². The number of nitro groups is 1. The molecule has 0 spiro atoms. The van der Waals surface area contributed by atoms with Gasteiger partial charge in [-0.1, -0.05) is 0 Å². The van der Waals surface area contributed by atoms with Crippen molar-refractivity contribution >= 4 is 28.7 Å². The Morgan fingerprint density at radius 2 is 2.11 bits per heavy atom. The molecule has 0 bridgehead atoms. The molecule has 142 valence electrons. The first-order chi connectivity index (χ1) is 13.0. The smallest absolute Gasteiger partial charge is 0.269 e. The molecule has 2 aromatic carbocycles. The number of hydrogen-bond acceptors (Lipinski definition) is 5. The molecule has 1 aliphatic heterocycles. The van der Waals surface area contributed by atoms with Gasteiger partial charge < -0.3 is 20.1 Å². The van der Waals surface area contributed by atoms with Gasteiger partial charge in [-0.2, -0.15) is 0 Å². The van der Waals surface area contributed by atoms with Crippen LogP contribution in [0.1, 0.15) is 25.0 Å². The Bertz CT molecular complexity index is 855. The van der Waals surface area contributed by atoms with E-state index in [1.54, 1.807) is 12.1 Å². The molecule has 0 unspecified atom stereocenters. The number of nitrogens with zero attached hydrogens (tertiary/aromatic N) is 1. The molecular formula is C19H21N3O4S. The Labute approximate surface area is 162 Å². The maximum atomic E-state index is 10.7. The Kier molecular flexibility index (Phi) is 5.75. The molecular weight excluding hydrogens is 366 g/mol. The summed E-state index contributed by atoms with van der Waals surface area (Å²) < 4.78 is 11.6. The molecule has 1 atom stereocenters. The van der Waals surface area contributed by atoms with E-state index in [-0.39, 0.29) is 11.8 Å². The van der Waals surface area contributed by atoms with Gasteiger partial charge >= 0.3 is 0 Å². The van der Waals surface area contributed by atoms with Gasteiger partial charge in [-0.25, -0.2) is 0 Å². The van der Waals surface area contributed by atoms with Gasteiger partial charge in [0, 0.05) is 41.9 Å². The fraction of sp³-hybridized carbons (Fsp3) is 0.316. The van der Waals surface area contributed by atoms with Crippen LogP contribution in [0.15, 0.2) is 36.4 Å². The van der Waals surface area contributed by atoms with Gasteiger partial charge in [0.15, 0.2) is 5.11 Å². The molecule has 0 fully saturated rings. The van der Waals surface area contributed by atoms with Crippen LogP contribution >= 0.6 is 12.2 Å². The van der Waals surface area contributed by atoms with Gasteiger partial charge in [0.25, 0.3) is 5.69 Å². The molecule has 8 heteroatoms. The zero-order chi connectivity index (χ0) is 19.4. The predicted molar refractivity (Wildman–Crippen MR) is 108 cm³/mol. The molecule has 0 saturated heterocycles. The third-order valence-corrected chi connectivity index (χ3v) is 4.40. The Morgan fingerprint density at radius 3 is 2.78 bits per heavy atom. The summed E-state index contributed by atoms with van der Waals surface area (Å²) in [5.74, 6) is 1.71. The Balaban J connectivity index is 1.64. The van der Waals surface area contributed by atoms with Crippen molar-refractivity contribution in [3.63, 3.8) is 0 Å². The minimum atomic E-state index is -0.438. The summed E-state index contributed by atoms with van der Waals surface area (Å²) in [4.78, 5) is 10.3. The normalized spacial score (nSPS) is 14.8. The molecule has 7 nitrogen and oxygen atoms in total. The van der Waals surface area contributed by atoms with Crippen LogP contribution in [-0.4, -0.2) is 22.7 Å². The van der Waals surface area contributed by atoms with E-state index >= 15 is 0 Å². The molecule has 1 heterocycles. The molecule has 0 amide bonds. The number of anilines is 1. The number of benzene rings is 2. The number of ether oxygens (including phenoxy) is 2. The highest BCUT2D eigenvalue weighted by atomic mass is 32.1. The summed E-state index contributed by atoms with van der Waals surface area (Å²) in [6, 6.07) is 10.1. The number of non-ortho nitro benzene ring substituents is 1. The monoisotopic (exact) mass is 387 g/mol. The third-order valence-electron chi connectivity index (χ3n) is 4.15. The van der Waals surface area contributed by atoms with Gasteiger partial charge in [0.05, 0.1) is 11.5 Å². The topological polar surface area (TPSA) is 85.7 Å². The molecule has 0 aliphatic carbocycles. The van der Waals surface area contributed by atoms with Crippen LogP contribution in [0.2, 0.25) is 0 Å². The average molecular weight is 387 g/mol. The fourth-order valence-electron chi connectivity index (χ4n) is 2.93. The molecule has 2 N–H and O–H groups in total. The Hall–Kier alpha value is -2.87. The summed E-state index contributed by atoms with van der Waals surface area (Å²) in [6.45, 7) is 5.04. The van der Waals surface area contributed by atoms with Crippen molar-refractivity contribution < 1.29 is 14.4 Å². The van der Waals surface area contributed by atoms with E-state index in [0.29, 0.717) is 24.0 Å². The molecule has 0 saturated carbocycles. The van der Waals surface area contributed by atoms with E-state index in [9.17, 15) is 10.1 Å². The molecule has 2 aromatic rings. The van der Waals surface area contributed by atoms with Crippen molar-refractivity contribution in [3.8, 4) is 11.5 Å². The second kappa shape index (κ2) is 8.22. The fourth-order valence-corrected chi connectivity index (χ4v) is 3.12. The summed E-state index contributed by atoms with van der Waals surface area (Å²) in [5, 5.41) is 17.3. The van der Waals surface area contributed by atoms with Crippen molar-refractivity contribution in [2.24, 2.45) is 0 Å². The van der Waals surface area contributed by atoms with Crippen LogP contribution in [0.4, 0.5) is 11.4 Å². The number of nitrogens with one attached hydrogen (secondary N) is 2. The zero-order valence-corrected chi connectivity index (χ0v) is 16.0. The zero-order valence-electron chi connectivity index (χ0n) is 15.2. The molecule has 27 heavy (non-hydrogen) atoms. The lowest BCUT2D eigenvalue weighted by atomic mass is 10.1. The summed E-state index contributed by atoms with van der Waals surface area (Å²) in [5.41, 5.74) is 2.82. The first-order valence-corrected chi connectivity index (χ1v) is 9.11. The lowest BCUT2D eigenvalue weighted by Gasteiger charge is -2.15. The second-order valence-corrected chi connectivity index (χ2v) is 6.65. The minimum Gasteiger partial charge on any atom is -0.494 e. The predicted octanol–water partition coefficient (Wildman–Crippen LogP) is 3.80. The van der Waals surface area contributed by atoms with Crippen molar-refractivity contribution in [1.82, 2.24) is 5.32 Å². The average Bonchev–Trinajstić information content (AvgIpc) is 2.99. The highest BCUT2D eigenvalue weighted by Gasteiger charge is 2.21. The van der Waals surface area contributed by atoms with Gasteiger partial charge in [-0.05, 0) is 50.3 Å². The molecule has 1 aliphatic rings.